The Morgan fingerprint density at radius 1 is 0.476 bits per heavy atom. The van der Waals surface area contributed by atoms with Crippen molar-refractivity contribution in [2.45, 2.75) is 5.60 Å². The van der Waals surface area contributed by atoms with Crippen LogP contribution in [-0.2, 0) is 5.60 Å². The van der Waals surface area contributed by atoms with Gasteiger partial charge in [0.05, 0.1) is 0 Å². The topological polar surface area (TPSA) is 33.2 Å². The smallest absolute Gasteiger partial charge is 0.133 e. The van der Waals surface area contributed by atoms with Gasteiger partial charge in [-0.05, 0) is 82.4 Å². The molecule has 218 valence electrons. The Balaban J connectivity index is 1.81. The third kappa shape index (κ3) is 6.87. The number of hydrogen-bond acceptors (Lipinski definition) is 5. The molecule has 0 amide bonds. The molecule has 0 aromatic heterocycles. The minimum atomic E-state index is -1.32. The molecule has 5 heteroatoms. The summed E-state index contributed by atoms with van der Waals surface area (Å²) < 4.78 is 0. The van der Waals surface area contributed by atoms with Crippen LogP contribution < -0.4 is 19.6 Å². The third-order valence-corrected chi connectivity index (χ3v) is 7.64. The number of aliphatic hydroxyl groups is 1. The molecule has 0 saturated heterocycles. The Labute approximate surface area is 252 Å². The molecule has 0 aliphatic rings. The maximum absolute atomic E-state index is 12.3. The molecule has 0 atom stereocenters. The van der Waals surface area contributed by atoms with Gasteiger partial charge in [0.2, 0.25) is 0 Å². The van der Waals surface area contributed by atoms with Crippen LogP contribution in [-0.4, -0.2) is 61.5 Å². The number of benzene rings is 4. The molecule has 0 aliphatic carbocycles. The first-order valence-corrected chi connectivity index (χ1v) is 14.2. The summed E-state index contributed by atoms with van der Waals surface area (Å²) >= 11 is 0. The lowest BCUT2D eigenvalue weighted by molar-refractivity contribution is 0.134. The predicted molar refractivity (Wildman–Crippen MR) is 182 cm³/mol. The van der Waals surface area contributed by atoms with Crippen LogP contribution in [0.25, 0.3) is 5.57 Å². The van der Waals surface area contributed by atoms with Crippen LogP contribution in [0.2, 0.25) is 0 Å². The summed E-state index contributed by atoms with van der Waals surface area (Å²) in [6, 6.07) is 33.3. The fourth-order valence-corrected chi connectivity index (χ4v) is 4.91. The first-order valence-electron chi connectivity index (χ1n) is 14.2. The van der Waals surface area contributed by atoms with E-state index in [1.165, 1.54) is 0 Å². The summed E-state index contributed by atoms with van der Waals surface area (Å²) in [5.41, 5.74) is 8.05. The van der Waals surface area contributed by atoms with Gasteiger partial charge < -0.3 is 24.7 Å². The van der Waals surface area contributed by atoms with Gasteiger partial charge in [-0.15, -0.1) is 0 Å². The Hall–Kier alpha value is -4.48. The summed E-state index contributed by atoms with van der Waals surface area (Å²) in [5.74, 6) is 0. The molecular formula is C37H44N4O. The van der Waals surface area contributed by atoms with Crippen molar-refractivity contribution in [3.05, 3.63) is 138 Å². The molecule has 4 aromatic carbocycles. The van der Waals surface area contributed by atoms with E-state index in [1.54, 1.807) is 0 Å². The van der Waals surface area contributed by atoms with E-state index in [-0.39, 0.29) is 0 Å². The SMILES string of the molecule is CN(C)c1ccc(C(=CC=CC(O)(c2ccc(N(C)C)cc2)c2ccc(N(C)C)cc2)c2ccc(N(C)C)cc2)cc1. The lowest BCUT2D eigenvalue weighted by atomic mass is 9.85. The third-order valence-electron chi connectivity index (χ3n) is 7.64. The van der Waals surface area contributed by atoms with Gasteiger partial charge in [0.25, 0.3) is 0 Å². The van der Waals surface area contributed by atoms with Crippen LogP contribution in [0.1, 0.15) is 22.3 Å². The molecule has 4 rings (SSSR count). The molecule has 4 aromatic rings. The van der Waals surface area contributed by atoms with E-state index in [9.17, 15) is 5.11 Å². The maximum atomic E-state index is 12.3. The van der Waals surface area contributed by atoms with E-state index in [2.05, 4.69) is 74.2 Å². The number of hydrogen-bond donors (Lipinski definition) is 1. The predicted octanol–water partition coefficient (Wildman–Crippen LogP) is 6.87. The van der Waals surface area contributed by atoms with Crippen LogP contribution >= 0.6 is 0 Å². The fourth-order valence-electron chi connectivity index (χ4n) is 4.91. The van der Waals surface area contributed by atoms with Gasteiger partial charge in [0.15, 0.2) is 0 Å². The molecule has 0 saturated carbocycles. The molecule has 0 spiro atoms. The quantitative estimate of drug-likeness (QED) is 0.214. The summed E-state index contributed by atoms with van der Waals surface area (Å²) in [4.78, 5) is 8.32. The summed E-state index contributed by atoms with van der Waals surface area (Å²) in [5, 5.41) is 12.3. The van der Waals surface area contributed by atoms with Crippen molar-refractivity contribution in [3.63, 3.8) is 0 Å². The van der Waals surface area contributed by atoms with Crippen molar-refractivity contribution in [1.82, 2.24) is 0 Å². The monoisotopic (exact) mass is 560 g/mol. The summed E-state index contributed by atoms with van der Waals surface area (Å²) in [6.07, 6.45) is 5.97. The second-order valence-electron chi connectivity index (χ2n) is 11.5. The molecule has 0 heterocycles. The second kappa shape index (κ2) is 13.0. The fraction of sp³-hybridized carbons (Fsp3) is 0.243. The maximum Gasteiger partial charge on any atom is 0.133 e. The van der Waals surface area contributed by atoms with Gasteiger partial charge in [-0.1, -0.05) is 60.7 Å². The number of nitrogens with zero attached hydrogens (tertiary/aromatic N) is 4. The summed E-state index contributed by atoms with van der Waals surface area (Å²) in [6.45, 7) is 0. The summed E-state index contributed by atoms with van der Waals surface area (Å²) in [7, 11) is 16.3. The zero-order valence-corrected chi connectivity index (χ0v) is 26.2. The lowest BCUT2D eigenvalue weighted by Gasteiger charge is -2.27. The van der Waals surface area contributed by atoms with E-state index >= 15 is 0 Å². The van der Waals surface area contributed by atoms with Gasteiger partial charge in [-0.2, -0.15) is 0 Å². The van der Waals surface area contributed by atoms with Crippen LogP contribution in [0.15, 0.2) is 115 Å². The average Bonchev–Trinajstić information content (AvgIpc) is 2.99. The Morgan fingerprint density at radius 2 is 0.762 bits per heavy atom. The molecular weight excluding hydrogens is 516 g/mol. The molecule has 1 N–H and O–H groups in total. The highest BCUT2D eigenvalue weighted by molar-refractivity contribution is 5.82. The minimum absolute atomic E-state index is 0.808. The zero-order chi connectivity index (χ0) is 30.4. The van der Waals surface area contributed by atoms with E-state index in [0.29, 0.717) is 0 Å². The highest BCUT2D eigenvalue weighted by atomic mass is 16.3. The van der Waals surface area contributed by atoms with Crippen molar-refractivity contribution in [3.8, 4) is 0 Å². The van der Waals surface area contributed by atoms with Gasteiger partial charge in [-0.3, -0.25) is 0 Å². The van der Waals surface area contributed by atoms with Crippen LogP contribution in [0.3, 0.4) is 0 Å². The van der Waals surface area contributed by atoms with Crippen LogP contribution in [0, 0.1) is 0 Å². The molecule has 0 bridgehead atoms. The van der Waals surface area contributed by atoms with Crippen molar-refractivity contribution in [2.24, 2.45) is 0 Å². The molecule has 5 nitrogen and oxygen atoms in total. The Bertz CT molecular complexity index is 1390. The first-order chi connectivity index (χ1) is 20.0. The highest BCUT2D eigenvalue weighted by Crippen LogP contribution is 2.34. The van der Waals surface area contributed by atoms with Crippen molar-refractivity contribution in [1.29, 1.82) is 0 Å². The van der Waals surface area contributed by atoms with E-state index in [0.717, 1.165) is 50.6 Å². The van der Waals surface area contributed by atoms with E-state index < -0.39 is 5.60 Å². The van der Waals surface area contributed by atoms with Crippen molar-refractivity contribution >= 4 is 28.3 Å². The zero-order valence-electron chi connectivity index (χ0n) is 26.2. The largest absolute Gasteiger partial charge is 0.378 e. The second-order valence-corrected chi connectivity index (χ2v) is 11.5. The molecule has 0 aliphatic heterocycles. The highest BCUT2D eigenvalue weighted by Gasteiger charge is 2.28. The normalized spacial score (nSPS) is 11.4. The van der Waals surface area contributed by atoms with Crippen LogP contribution in [0.5, 0.6) is 0 Å². The van der Waals surface area contributed by atoms with Gasteiger partial charge in [0, 0.05) is 79.1 Å². The number of anilines is 4. The van der Waals surface area contributed by atoms with E-state index in [1.807, 2.05) is 117 Å². The standard InChI is InChI=1S/C37H44N4O/c1-38(2)32-19-11-28(12-20-32)36(29-13-21-33(22-14-29)39(3)4)10-9-27-37(42,30-15-23-34(24-16-30)40(5)6)31-17-25-35(26-18-31)41(7)8/h9-27,42H,1-8H3. The molecule has 0 fully saturated rings. The molecule has 0 unspecified atom stereocenters. The van der Waals surface area contributed by atoms with E-state index in [4.69, 9.17) is 0 Å². The van der Waals surface area contributed by atoms with Gasteiger partial charge in [0.1, 0.15) is 5.60 Å². The van der Waals surface area contributed by atoms with Crippen LogP contribution in [0.4, 0.5) is 22.7 Å². The molecule has 0 radical (unpaired) electrons. The van der Waals surface area contributed by atoms with Crippen molar-refractivity contribution < 1.29 is 5.11 Å². The Morgan fingerprint density at radius 3 is 1.05 bits per heavy atom. The van der Waals surface area contributed by atoms with Gasteiger partial charge >= 0.3 is 0 Å². The molecule has 42 heavy (non-hydrogen) atoms. The Kier molecular flexibility index (Phi) is 9.44. The van der Waals surface area contributed by atoms with Crippen molar-refractivity contribution in [2.75, 3.05) is 76.0 Å². The minimum Gasteiger partial charge on any atom is -0.378 e. The average molecular weight is 561 g/mol. The lowest BCUT2D eigenvalue weighted by Crippen LogP contribution is -2.25. The number of allylic oxidation sites excluding steroid dienone is 2. The van der Waals surface area contributed by atoms with Gasteiger partial charge in [-0.25, -0.2) is 0 Å². The number of rotatable bonds is 10. The first kappa shape index (κ1) is 30.5.